The van der Waals surface area contributed by atoms with Crippen molar-refractivity contribution in [3.63, 3.8) is 0 Å². The van der Waals surface area contributed by atoms with Crippen molar-refractivity contribution in [2.45, 2.75) is 32.2 Å². The van der Waals surface area contributed by atoms with Gasteiger partial charge in [-0.3, -0.25) is 19.3 Å². The average Bonchev–Trinajstić information content (AvgIpc) is 3.38. The highest BCUT2D eigenvalue weighted by Crippen LogP contribution is 2.32. The Morgan fingerprint density at radius 2 is 2.06 bits per heavy atom. The summed E-state index contributed by atoms with van der Waals surface area (Å²) < 4.78 is 7.06. The second-order valence-electron chi connectivity index (χ2n) is 7.11. The number of aromatic nitrogens is 2. The smallest absolute Gasteiger partial charge is 0.293 e. The van der Waals surface area contributed by atoms with E-state index in [9.17, 15) is 14.4 Å². The Morgan fingerprint density at radius 3 is 2.71 bits per heavy atom. The molecule has 0 spiro atoms. The predicted octanol–water partition coefficient (Wildman–Crippen LogP) is 3.48. The van der Waals surface area contributed by atoms with Crippen LogP contribution in [0.15, 0.2) is 47.9 Å². The van der Waals surface area contributed by atoms with E-state index in [1.807, 2.05) is 22.9 Å². The fourth-order valence-corrected chi connectivity index (χ4v) is 4.18. The minimum atomic E-state index is -0.345. The number of nitrogens with one attached hydrogen (secondary N) is 1. The van der Waals surface area contributed by atoms with Crippen LogP contribution in [0.4, 0.5) is 4.79 Å². The van der Waals surface area contributed by atoms with Crippen LogP contribution in [0.2, 0.25) is 0 Å². The van der Waals surface area contributed by atoms with Crippen molar-refractivity contribution in [2.24, 2.45) is 0 Å². The van der Waals surface area contributed by atoms with Crippen molar-refractivity contribution in [3.8, 4) is 5.75 Å². The summed E-state index contributed by atoms with van der Waals surface area (Å²) in [5, 5.41) is 2.49. The molecule has 1 saturated heterocycles. The molecule has 2 heterocycles. The van der Waals surface area contributed by atoms with Gasteiger partial charge in [-0.1, -0.05) is 25.5 Å². The van der Waals surface area contributed by atoms with Gasteiger partial charge in [0.25, 0.3) is 11.1 Å². The van der Waals surface area contributed by atoms with Gasteiger partial charge in [0, 0.05) is 37.9 Å². The lowest BCUT2D eigenvalue weighted by atomic mass is 10.1. The molecule has 1 aromatic carbocycles. The summed E-state index contributed by atoms with van der Waals surface area (Å²) in [5.74, 6) is 0.255. The summed E-state index contributed by atoms with van der Waals surface area (Å²) in [6, 6.07) is 7.26. The van der Waals surface area contributed by atoms with Gasteiger partial charge in [-0.25, -0.2) is 4.98 Å². The molecule has 0 saturated carbocycles. The van der Waals surface area contributed by atoms with Crippen LogP contribution in [0.25, 0.3) is 6.08 Å². The number of imide groups is 1. The van der Waals surface area contributed by atoms with Gasteiger partial charge in [-0.2, -0.15) is 0 Å². The fourth-order valence-electron chi connectivity index (χ4n) is 3.31. The van der Waals surface area contributed by atoms with Crippen molar-refractivity contribution in [2.75, 3.05) is 20.2 Å². The molecule has 2 aromatic rings. The molecule has 8 nitrogen and oxygen atoms in total. The molecule has 0 aliphatic carbocycles. The van der Waals surface area contributed by atoms with E-state index in [4.69, 9.17) is 4.74 Å². The molecule has 1 aliphatic rings. The first-order valence-electron chi connectivity index (χ1n) is 10.2. The summed E-state index contributed by atoms with van der Waals surface area (Å²) in [6.45, 7) is 2.43. The molecule has 1 aromatic heterocycles. The van der Waals surface area contributed by atoms with Crippen molar-refractivity contribution >= 4 is 34.9 Å². The highest BCUT2D eigenvalue weighted by atomic mass is 32.2. The van der Waals surface area contributed by atoms with Gasteiger partial charge in [0.15, 0.2) is 0 Å². The number of thioether (sulfide) groups is 1. The second-order valence-corrected chi connectivity index (χ2v) is 8.11. The number of methoxy groups -OCH3 is 1. The van der Waals surface area contributed by atoms with Gasteiger partial charge in [-0.05, 0) is 42.0 Å². The van der Waals surface area contributed by atoms with E-state index in [-0.39, 0.29) is 36.2 Å². The van der Waals surface area contributed by atoms with Crippen LogP contribution in [0, 0.1) is 0 Å². The SMILES string of the molecule is CCCC(CC(=O)NCCN1C(=O)S/C(=C/c2ccc(OC)cc2)C1=O)n1ccnc1. The van der Waals surface area contributed by atoms with Gasteiger partial charge in [0.2, 0.25) is 5.91 Å². The lowest BCUT2D eigenvalue weighted by Crippen LogP contribution is -2.37. The molecule has 1 N–H and O–H groups in total. The number of hydrogen-bond donors (Lipinski definition) is 1. The summed E-state index contributed by atoms with van der Waals surface area (Å²) in [7, 11) is 1.58. The Bertz CT molecular complexity index is 941. The maximum Gasteiger partial charge on any atom is 0.293 e. The zero-order valence-corrected chi connectivity index (χ0v) is 18.4. The first kappa shape index (κ1) is 22.6. The van der Waals surface area contributed by atoms with Gasteiger partial charge in [0.1, 0.15) is 5.75 Å². The molecule has 164 valence electrons. The molecule has 1 fully saturated rings. The van der Waals surface area contributed by atoms with Crippen LogP contribution in [-0.2, 0) is 9.59 Å². The van der Waals surface area contributed by atoms with Crippen LogP contribution in [0.5, 0.6) is 5.75 Å². The Kier molecular flexibility index (Phi) is 7.88. The van der Waals surface area contributed by atoms with E-state index < -0.39 is 0 Å². The van der Waals surface area contributed by atoms with E-state index in [2.05, 4.69) is 17.2 Å². The highest BCUT2D eigenvalue weighted by Gasteiger charge is 2.34. The van der Waals surface area contributed by atoms with Crippen LogP contribution < -0.4 is 10.1 Å². The summed E-state index contributed by atoms with van der Waals surface area (Å²) >= 11 is 0.905. The van der Waals surface area contributed by atoms with Crippen LogP contribution in [0.3, 0.4) is 0 Å². The zero-order chi connectivity index (χ0) is 22.2. The predicted molar refractivity (Wildman–Crippen MR) is 119 cm³/mol. The maximum absolute atomic E-state index is 12.6. The highest BCUT2D eigenvalue weighted by molar-refractivity contribution is 8.18. The molecule has 0 bridgehead atoms. The number of carbonyl (C=O) groups excluding carboxylic acids is 3. The van der Waals surface area contributed by atoms with Gasteiger partial charge < -0.3 is 14.6 Å². The Labute approximate surface area is 185 Å². The van der Waals surface area contributed by atoms with Gasteiger partial charge in [-0.15, -0.1) is 0 Å². The lowest BCUT2D eigenvalue weighted by Gasteiger charge is -2.18. The third-order valence-electron chi connectivity index (χ3n) is 4.93. The molecule has 1 unspecified atom stereocenters. The Hall–Kier alpha value is -3.07. The number of carbonyl (C=O) groups is 3. The average molecular weight is 443 g/mol. The topological polar surface area (TPSA) is 93.5 Å². The van der Waals surface area contributed by atoms with Crippen molar-refractivity contribution in [1.29, 1.82) is 0 Å². The van der Waals surface area contributed by atoms with Gasteiger partial charge in [0.05, 0.1) is 18.3 Å². The van der Waals surface area contributed by atoms with Crippen LogP contribution >= 0.6 is 11.8 Å². The third-order valence-corrected chi connectivity index (χ3v) is 5.84. The number of nitrogens with zero attached hydrogens (tertiary/aromatic N) is 3. The third kappa shape index (κ3) is 5.97. The standard InChI is InChI=1S/C22H26N4O4S/c1-3-4-17(25-11-9-23-15-25)14-20(27)24-10-12-26-21(28)19(31-22(26)29)13-16-5-7-18(30-2)8-6-16/h5-9,11,13,15,17H,3-4,10,12,14H2,1-2H3,(H,24,27)/b19-13+. The van der Waals surface area contributed by atoms with E-state index >= 15 is 0 Å². The largest absolute Gasteiger partial charge is 0.497 e. The van der Waals surface area contributed by atoms with Crippen LogP contribution in [0.1, 0.15) is 37.8 Å². The first-order valence-corrected chi connectivity index (χ1v) is 11.0. The molecular weight excluding hydrogens is 416 g/mol. The normalized spacial score (nSPS) is 16.1. The Balaban J connectivity index is 1.51. The molecule has 31 heavy (non-hydrogen) atoms. The number of rotatable bonds is 10. The molecule has 9 heteroatoms. The molecule has 3 rings (SSSR count). The number of ether oxygens (including phenoxy) is 1. The van der Waals surface area contributed by atoms with Gasteiger partial charge >= 0.3 is 0 Å². The van der Waals surface area contributed by atoms with Crippen molar-refractivity contribution in [3.05, 3.63) is 53.5 Å². The summed E-state index contributed by atoms with van der Waals surface area (Å²) in [4.78, 5) is 42.8. The van der Waals surface area contributed by atoms with E-state index in [0.717, 1.165) is 35.9 Å². The quantitative estimate of drug-likeness (QED) is 0.566. The Morgan fingerprint density at radius 1 is 1.29 bits per heavy atom. The second kappa shape index (κ2) is 10.8. The monoisotopic (exact) mass is 442 g/mol. The number of benzene rings is 1. The summed E-state index contributed by atoms with van der Waals surface area (Å²) in [6.07, 6.45) is 9.08. The van der Waals surface area contributed by atoms with E-state index in [1.165, 1.54) is 4.90 Å². The van der Waals surface area contributed by atoms with Crippen LogP contribution in [-0.4, -0.2) is 51.7 Å². The molecule has 0 radical (unpaired) electrons. The van der Waals surface area contributed by atoms with Crippen molar-refractivity contribution < 1.29 is 19.1 Å². The van der Waals surface area contributed by atoms with E-state index in [1.54, 1.807) is 37.8 Å². The molecule has 3 amide bonds. The minimum absolute atomic E-state index is 0.0390. The number of amides is 3. The molecular formula is C22H26N4O4S. The maximum atomic E-state index is 12.6. The zero-order valence-electron chi connectivity index (χ0n) is 17.6. The van der Waals surface area contributed by atoms with E-state index in [0.29, 0.717) is 11.3 Å². The lowest BCUT2D eigenvalue weighted by molar-refractivity contribution is -0.124. The minimum Gasteiger partial charge on any atom is -0.497 e. The number of hydrogen-bond acceptors (Lipinski definition) is 6. The number of imidazole rings is 1. The molecule has 1 atom stereocenters. The molecule has 1 aliphatic heterocycles. The fraction of sp³-hybridized carbons (Fsp3) is 0.364. The summed E-state index contributed by atoms with van der Waals surface area (Å²) in [5.41, 5.74) is 0.807. The first-order chi connectivity index (χ1) is 15.0. The van der Waals surface area contributed by atoms with Crippen molar-refractivity contribution in [1.82, 2.24) is 19.8 Å².